The highest BCUT2D eigenvalue weighted by molar-refractivity contribution is 7.93. The number of hydrogen-bond donors (Lipinski definition) is 3. The van der Waals surface area contributed by atoms with E-state index < -0.39 is 25.8 Å². The van der Waals surface area contributed by atoms with Gasteiger partial charge in [0.2, 0.25) is 0 Å². The molecule has 0 spiro atoms. The summed E-state index contributed by atoms with van der Waals surface area (Å²) in [5.41, 5.74) is 0.459. The Morgan fingerprint density at radius 2 is 1.23 bits per heavy atom. The summed E-state index contributed by atoms with van der Waals surface area (Å²) < 4.78 is 63.2. The third-order valence-electron chi connectivity index (χ3n) is 6.09. The average molecular weight is 561 g/mol. The van der Waals surface area contributed by atoms with Crippen molar-refractivity contribution in [1.29, 1.82) is 0 Å². The summed E-state index contributed by atoms with van der Waals surface area (Å²) in [7, 11) is -6.68. The molecule has 0 unspecified atom stereocenters. The molecule has 0 atom stereocenters. The largest absolute Gasteiger partial charge is 0.505 e. The zero-order valence-corrected chi connectivity index (χ0v) is 22.3. The van der Waals surface area contributed by atoms with Crippen molar-refractivity contribution in [2.75, 3.05) is 16.6 Å². The second kappa shape index (κ2) is 10.3. The molecule has 0 heterocycles. The molecule has 0 radical (unpaired) electrons. The fourth-order valence-electron chi connectivity index (χ4n) is 4.28. The van der Waals surface area contributed by atoms with Crippen LogP contribution in [0.25, 0.3) is 21.9 Å². The molecular formula is C29H24N2O6S2. The predicted molar refractivity (Wildman–Crippen MR) is 152 cm³/mol. The lowest BCUT2D eigenvalue weighted by atomic mass is 9.95. The first-order chi connectivity index (χ1) is 18.7. The fraction of sp³-hybridized carbons (Fsp3) is 0.0345. The maximum Gasteiger partial charge on any atom is 0.262 e. The van der Waals surface area contributed by atoms with Crippen molar-refractivity contribution in [1.82, 2.24) is 0 Å². The Bertz CT molecular complexity index is 1880. The second-order valence-corrected chi connectivity index (χ2v) is 12.0. The molecule has 39 heavy (non-hydrogen) atoms. The fourth-order valence-corrected chi connectivity index (χ4v) is 6.42. The molecule has 0 bridgehead atoms. The van der Waals surface area contributed by atoms with Crippen LogP contribution in [0.1, 0.15) is 0 Å². The highest BCUT2D eigenvalue weighted by Crippen LogP contribution is 2.46. The van der Waals surface area contributed by atoms with Crippen LogP contribution in [0.4, 0.5) is 11.4 Å². The normalized spacial score (nSPS) is 11.7. The van der Waals surface area contributed by atoms with Gasteiger partial charge < -0.3 is 9.84 Å². The van der Waals surface area contributed by atoms with Crippen LogP contribution >= 0.6 is 0 Å². The van der Waals surface area contributed by atoms with Crippen LogP contribution in [-0.4, -0.2) is 29.1 Å². The summed E-state index contributed by atoms with van der Waals surface area (Å²) >= 11 is 0. The molecular weight excluding hydrogens is 536 g/mol. The number of nitrogens with one attached hydrogen (secondary N) is 2. The maximum atomic E-state index is 13.2. The Morgan fingerprint density at radius 1 is 0.667 bits per heavy atom. The average Bonchev–Trinajstić information content (AvgIpc) is 2.95. The van der Waals surface area contributed by atoms with Crippen LogP contribution in [-0.2, 0) is 20.0 Å². The van der Waals surface area contributed by atoms with Crippen molar-refractivity contribution in [3.05, 3.63) is 109 Å². The van der Waals surface area contributed by atoms with Crippen LogP contribution < -0.4 is 14.2 Å². The van der Waals surface area contributed by atoms with E-state index in [1.165, 1.54) is 43.5 Å². The van der Waals surface area contributed by atoms with Crippen LogP contribution in [0.5, 0.6) is 11.5 Å². The Balaban J connectivity index is 1.73. The van der Waals surface area contributed by atoms with Gasteiger partial charge in [-0.2, -0.15) is 0 Å². The summed E-state index contributed by atoms with van der Waals surface area (Å²) in [5, 5.41) is 13.0. The zero-order valence-electron chi connectivity index (χ0n) is 20.7. The van der Waals surface area contributed by atoms with Crippen LogP contribution in [0.15, 0.2) is 119 Å². The molecule has 0 saturated heterocycles. The van der Waals surface area contributed by atoms with E-state index in [9.17, 15) is 21.9 Å². The number of sulfonamides is 2. The van der Waals surface area contributed by atoms with Gasteiger partial charge in [0.15, 0.2) is 0 Å². The van der Waals surface area contributed by atoms with Gasteiger partial charge in [0.25, 0.3) is 20.0 Å². The first kappa shape index (κ1) is 26.1. The molecule has 8 nitrogen and oxygen atoms in total. The molecule has 0 aliphatic heterocycles. The van der Waals surface area contributed by atoms with Crippen LogP contribution in [0.2, 0.25) is 0 Å². The van der Waals surface area contributed by atoms with E-state index in [0.717, 1.165) is 5.39 Å². The monoisotopic (exact) mass is 560 g/mol. The molecule has 10 heteroatoms. The summed E-state index contributed by atoms with van der Waals surface area (Å²) in [6.07, 6.45) is 0. The summed E-state index contributed by atoms with van der Waals surface area (Å²) in [6, 6.07) is 29.1. The van der Waals surface area contributed by atoms with Crippen molar-refractivity contribution >= 4 is 42.2 Å². The number of hydrogen-bond acceptors (Lipinski definition) is 6. The standard InChI is InChI=1S/C29H24N2O6S2/c1-37-27-17-16-20-10-8-9-15-24(20)28(27)25-18-21(30-38(33,34)22-11-4-2-5-12-22)19-26(29(25)32)31-39(35,36)23-13-6-3-7-14-23/h2-19,30-32H,1H3. The number of aromatic hydroxyl groups is 1. The minimum Gasteiger partial charge on any atom is -0.505 e. The maximum absolute atomic E-state index is 13.2. The molecule has 0 saturated carbocycles. The lowest BCUT2D eigenvalue weighted by Gasteiger charge is -2.19. The van der Waals surface area contributed by atoms with Gasteiger partial charge in [-0.15, -0.1) is 0 Å². The lowest BCUT2D eigenvalue weighted by Crippen LogP contribution is -2.15. The van der Waals surface area contributed by atoms with Crippen molar-refractivity contribution in [2.24, 2.45) is 0 Å². The Kier molecular flexibility index (Phi) is 6.90. The number of fused-ring (bicyclic) bond motifs is 1. The molecule has 5 rings (SSSR count). The molecule has 3 N–H and O–H groups in total. The molecule has 5 aromatic rings. The van der Waals surface area contributed by atoms with Crippen molar-refractivity contribution in [2.45, 2.75) is 9.79 Å². The minimum atomic E-state index is -4.12. The van der Waals surface area contributed by atoms with E-state index in [1.807, 2.05) is 30.3 Å². The number of methoxy groups -OCH3 is 1. The molecule has 5 aromatic carbocycles. The highest BCUT2D eigenvalue weighted by Gasteiger charge is 2.23. The number of phenolic OH excluding ortho intramolecular Hbond substituents is 1. The Labute approximate surface area is 226 Å². The first-order valence-electron chi connectivity index (χ1n) is 11.8. The number of rotatable bonds is 8. The third-order valence-corrected chi connectivity index (χ3v) is 8.87. The number of anilines is 2. The summed E-state index contributed by atoms with van der Waals surface area (Å²) in [6.45, 7) is 0. The third kappa shape index (κ3) is 5.25. The van der Waals surface area contributed by atoms with Gasteiger partial charge in [-0.1, -0.05) is 66.7 Å². The van der Waals surface area contributed by atoms with Crippen molar-refractivity contribution in [3.8, 4) is 22.6 Å². The van der Waals surface area contributed by atoms with Crippen LogP contribution in [0.3, 0.4) is 0 Å². The molecule has 0 aromatic heterocycles. The predicted octanol–water partition coefficient (Wildman–Crippen LogP) is 5.82. The van der Waals surface area contributed by atoms with Crippen LogP contribution in [0, 0.1) is 0 Å². The SMILES string of the molecule is COc1ccc2ccccc2c1-c1cc(NS(=O)(=O)c2ccccc2)cc(NS(=O)(=O)c2ccccc2)c1O. The van der Waals surface area contributed by atoms with E-state index in [0.29, 0.717) is 16.7 Å². The quantitative estimate of drug-likeness (QED) is 0.162. The van der Waals surface area contributed by atoms with Gasteiger partial charge in [0.1, 0.15) is 11.5 Å². The van der Waals surface area contributed by atoms with E-state index in [-0.39, 0.29) is 26.7 Å². The Hall–Kier alpha value is -4.54. The van der Waals surface area contributed by atoms with Gasteiger partial charge in [0, 0.05) is 11.1 Å². The van der Waals surface area contributed by atoms with Gasteiger partial charge in [-0.05, 0) is 53.2 Å². The van der Waals surface area contributed by atoms with Gasteiger partial charge >= 0.3 is 0 Å². The van der Waals surface area contributed by atoms with E-state index in [4.69, 9.17) is 4.74 Å². The molecule has 0 amide bonds. The smallest absolute Gasteiger partial charge is 0.262 e. The molecule has 0 aliphatic rings. The van der Waals surface area contributed by atoms with E-state index >= 15 is 0 Å². The molecule has 0 fully saturated rings. The zero-order chi connectivity index (χ0) is 27.6. The lowest BCUT2D eigenvalue weighted by molar-refractivity contribution is 0.416. The van der Waals surface area contributed by atoms with Gasteiger partial charge in [-0.25, -0.2) is 16.8 Å². The van der Waals surface area contributed by atoms with Crippen molar-refractivity contribution < 1.29 is 26.7 Å². The topological polar surface area (TPSA) is 122 Å². The van der Waals surface area contributed by atoms with Crippen molar-refractivity contribution in [3.63, 3.8) is 0 Å². The minimum absolute atomic E-state index is 0.0220. The molecule has 0 aliphatic carbocycles. The summed E-state index contributed by atoms with van der Waals surface area (Å²) in [4.78, 5) is -0.00209. The number of benzene rings is 5. The first-order valence-corrected chi connectivity index (χ1v) is 14.7. The Morgan fingerprint density at radius 3 is 1.85 bits per heavy atom. The second-order valence-electron chi connectivity index (χ2n) is 8.62. The van der Waals surface area contributed by atoms with E-state index in [2.05, 4.69) is 9.44 Å². The van der Waals surface area contributed by atoms with E-state index in [1.54, 1.807) is 42.5 Å². The number of phenols is 1. The summed E-state index contributed by atoms with van der Waals surface area (Å²) in [5.74, 6) is 0.00995. The van der Waals surface area contributed by atoms with Gasteiger partial charge in [-0.3, -0.25) is 9.44 Å². The highest BCUT2D eigenvalue weighted by atomic mass is 32.2. The molecule has 198 valence electrons. The number of ether oxygens (including phenoxy) is 1. The van der Waals surface area contributed by atoms with Gasteiger partial charge in [0.05, 0.1) is 28.3 Å².